The van der Waals surface area contributed by atoms with Gasteiger partial charge in [-0.1, -0.05) is 30.3 Å². The Morgan fingerprint density at radius 3 is 1.50 bits per heavy atom. The minimum atomic E-state index is -0.495. The molecule has 0 spiro atoms. The van der Waals surface area contributed by atoms with Crippen molar-refractivity contribution in [3.63, 3.8) is 0 Å². The molecule has 1 aromatic heterocycles. The van der Waals surface area contributed by atoms with Crippen molar-refractivity contribution in [3.8, 4) is 11.5 Å². The molecule has 3 rings (SSSR count). The van der Waals surface area contributed by atoms with Crippen LogP contribution >= 0.6 is 0 Å². The second-order valence-corrected chi connectivity index (χ2v) is 6.87. The molecule has 0 N–H and O–H groups in total. The Labute approximate surface area is 195 Å². The fourth-order valence-electron chi connectivity index (χ4n) is 2.92. The third-order valence-corrected chi connectivity index (χ3v) is 4.46. The summed E-state index contributed by atoms with van der Waals surface area (Å²) in [6, 6.07) is 17.8. The molecule has 0 saturated heterocycles. The third kappa shape index (κ3) is 7.50. The number of para-hydroxylation sites is 4. The Balaban J connectivity index is 1.35. The maximum Gasteiger partial charge on any atom is 0.310 e. The summed E-state index contributed by atoms with van der Waals surface area (Å²) in [7, 11) is 0. The molecule has 3 aromatic rings. The van der Waals surface area contributed by atoms with Crippen LogP contribution < -0.4 is 9.47 Å². The van der Waals surface area contributed by atoms with E-state index in [2.05, 4.69) is 4.98 Å². The summed E-state index contributed by atoms with van der Waals surface area (Å²) in [5.74, 6) is 0.387. The SMILES string of the molecule is O=[N+]([O-])c1ccccc1OCCOCc1cccc(COCCOc2ccccc2[N+](=O)[O-])n1. The fraction of sp³-hybridized carbons (Fsp3) is 0.261. The summed E-state index contributed by atoms with van der Waals surface area (Å²) in [5, 5.41) is 22.0. The minimum Gasteiger partial charge on any atom is -0.484 e. The zero-order chi connectivity index (χ0) is 24.2. The fourth-order valence-corrected chi connectivity index (χ4v) is 2.92. The van der Waals surface area contributed by atoms with Crippen LogP contribution in [-0.4, -0.2) is 41.3 Å². The van der Waals surface area contributed by atoms with Gasteiger partial charge in [-0.05, 0) is 24.3 Å². The average Bonchev–Trinajstić information content (AvgIpc) is 2.84. The van der Waals surface area contributed by atoms with Crippen LogP contribution in [0.4, 0.5) is 11.4 Å². The van der Waals surface area contributed by atoms with Gasteiger partial charge in [-0.2, -0.15) is 0 Å². The molecule has 0 amide bonds. The average molecular weight is 469 g/mol. The second-order valence-electron chi connectivity index (χ2n) is 6.87. The molecule has 0 aliphatic carbocycles. The molecule has 0 unspecified atom stereocenters. The van der Waals surface area contributed by atoms with E-state index in [0.29, 0.717) is 11.4 Å². The highest BCUT2D eigenvalue weighted by Gasteiger charge is 2.14. The first-order valence-corrected chi connectivity index (χ1v) is 10.4. The van der Waals surface area contributed by atoms with E-state index >= 15 is 0 Å². The van der Waals surface area contributed by atoms with E-state index in [1.165, 1.54) is 24.3 Å². The quantitative estimate of drug-likeness (QED) is 0.194. The number of benzene rings is 2. The maximum atomic E-state index is 11.0. The van der Waals surface area contributed by atoms with Crippen molar-refractivity contribution in [1.29, 1.82) is 0 Å². The second kappa shape index (κ2) is 12.8. The zero-order valence-corrected chi connectivity index (χ0v) is 18.2. The van der Waals surface area contributed by atoms with E-state index in [1.807, 2.05) is 18.2 Å². The van der Waals surface area contributed by atoms with Crippen molar-refractivity contribution in [2.45, 2.75) is 13.2 Å². The van der Waals surface area contributed by atoms with Crippen LogP contribution in [0.1, 0.15) is 11.4 Å². The summed E-state index contributed by atoms with van der Waals surface area (Å²) in [6.07, 6.45) is 0. The van der Waals surface area contributed by atoms with Gasteiger partial charge in [0.1, 0.15) is 13.2 Å². The number of hydrogen-bond acceptors (Lipinski definition) is 9. The van der Waals surface area contributed by atoms with Crippen molar-refractivity contribution in [1.82, 2.24) is 4.98 Å². The van der Waals surface area contributed by atoms with E-state index in [1.54, 1.807) is 24.3 Å². The van der Waals surface area contributed by atoms with Crippen molar-refractivity contribution in [2.24, 2.45) is 0 Å². The van der Waals surface area contributed by atoms with Crippen molar-refractivity contribution in [3.05, 3.63) is 98.3 Å². The highest BCUT2D eigenvalue weighted by atomic mass is 16.6. The number of hydrogen-bond donors (Lipinski definition) is 0. The van der Waals surface area contributed by atoms with Crippen LogP contribution in [0, 0.1) is 20.2 Å². The predicted molar refractivity (Wildman–Crippen MR) is 121 cm³/mol. The van der Waals surface area contributed by atoms with Gasteiger partial charge < -0.3 is 18.9 Å². The smallest absolute Gasteiger partial charge is 0.310 e. The van der Waals surface area contributed by atoms with Crippen LogP contribution in [0.2, 0.25) is 0 Å². The number of aromatic nitrogens is 1. The molecule has 0 aliphatic heterocycles. The van der Waals surface area contributed by atoms with Crippen molar-refractivity contribution >= 4 is 11.4 Å². The number of nitro groups is 2. The largest absolute Gasteiger partial charge is 0.484 e. The molecule has 11 nitrogen and oxygen atoms in total. The molecule has 0 saturated carbocycles. The zero-order valence-electron chi connectivity index (χ0n) is 18.2. The molecule has 1 heterocycles. The summed E-state index contributed by atoms with van der Waals surface area (Å²) < 4.78 is 22.0. The highest BCUT2D eigenvalue weighted by molar-refractivity contribution is 5.46. The van der Waals surface area contributed by atoms with Gasteiger partial charge in [-0.3, -0.25) is 25.2 Å². The summed E-state index contributed by atoms with van der Waals surface area (Å²) in [4.78, 5) is 25.4. The Kier molecular flexibility index (Phi) is 9.26. The molecule has 11 heteroatoms. The van der Waals surface area contributed by atoms with E-state index < -0.39 is 9.85 Å². The molecule has 178 valence electrons. The first-order chi connectivity index (χ1) is 16.5. The van der Waals surface area contributed by atoms with Crippen LogP contribution in [-0.2, 0) is 22.7 Å². The monoisotopic (exact) mass is 469 g/mol. The number of nitro benzene ring substituents is 2. The lowest BCUT2D eigenvalue weighted by molar-refractivity contribution is -0.386. The lowest BCUT2D eigenvalue weighted by Crippen LogP contribution is -2.10. The Morgan fingerprint density at radius 2 is 1.06 bits per heavy atom. The van der Waals surface area contributed by atoms with E-state index in [9.17, 15) is 20.2 Å². The highest BCUT2D eigenvalue weighted by Crippen LogP contribution is 2.26. The summed E-state index contributed by atoms with van der Waals surface area (Å²) in [5.41, 5.74) is 1.21. The molecule has 2 aromatic carbocycles. The van der Waals surface area contributed by atoms with E-state index in [0.717, 1.165) is 0 Å². The molecular weight excluding hydrogens is 446 g/mol. The summed E-state index contributed by atoms with van der Waals surface area (Å²) >= 11 is 0. The Bertz CT molecular complexity index is 1030. The van der Waals surface area contributed by atoms with Gasteiger partial charge in [0.2, 0.25) is 0 Å². The van der Waals surface area contributed by atoms with Crippen LogP contribution in [0.3, 0.4) is 0 Å². The first kappa shape index (κ1) is 24.6. The topological polar surface area (TPSA) is 136 Å². The number of rotatable bonds is 14. The summed E-state index contributed by atoms with van der Waals surface area (Å²) in [6.45, 7) is 1.28. The molecule has 0 atom stereocenters. The van der Waals surface area contributed by atoms with Gasteiger partial charge in [-0.15, -0.1) is 0 Å². The van der Waals surface area contributed by atoms with Gasteiger partial charge in [0, 0.05) is 12.1 Å². The van der Waals surface area contributed by atoms with Gasteiger partial charge in [0.05, 0.1) is 47.7 Å². The van der Waals surface area contributed by atoms with E-state index in [4.69, 9.17) is 18.9 Å². The Morgan fingerprint density at radius 1 is 0.618 bits per heavy atom. The first-order valence-electron chi connectivity index (χ1n) is 10.4. The van der Waals surface area contributed by atoms with Gasteiger partial charge >= 0.3 is 11.4 Å². The third-order valence-electron chi connectivity index (χ3n) is 4.46. The lowest BCUT2D eigenvalue weighted by Gasteiger charge is -2.09. The van der Waals surface area contributed by atoms with Crippen molar-refractivity contribution in [2.75, 3.05) is 26.4 Å². The molecule has 0 aliphatic rings. The van der Waals surface area contributed by atoms with Gasteiger partial charge in [0.15, 0.2) is 11.5 Å². The van der Waals surface area contributed by atoms with Crippen LogP contribution in [0.15, 0.2) is 66.7 Å². The lowest BCUT2D eigenvalue weighted by atomic mass is 10.3. The predicted octanol–water partition coefficient (Wildman–Crippen LogP) is 4.09. The number of pyridine rings is 1. The molecule has 0 bridgehead atoms. The van der Waals surface area contributed by atoms with Gasteiger partial charge in [0.25, 0.3) is 0 Å². The van der Waals surface area contributed by atoms with Crippen LogP contribution in [0.25, 0.3) is 0 Å². The molecular formula is C23H23N3O8. The molecule has 0 fully saturated rings. The van der Waals surface area contributed by atoms with Crippen molar-refractivity contribution < 1.29 is 28.8 Å². The minimum absolute atomic E-state index is 0.0933. The molecule has 34 heavy (non-hydrogen) atoms. The van der Waals surface area contributed by atoms with Gasteiger partial charge in [-0.25, -0.2) is 0 Å². The van der Waals surface area contributed by atoms with Crippen LogP contribution in [0.5, 0.6) is 11.5 Å². The standard InChI is InChI=1S/C23H23N3O8/c27-25(28)20-8-1-3-10-22(20)33-14-12-31-16-18-6-5-7-19(24-18)17-32-13-15-34-23-11-4-2-9-21(23)26(29)30/h1-11H,12-17H2. The number of nitrogens with zero attached hydrogens (tertiary/aromatic N) is 3. The normalized spacial score (nSPS) is 10.6. The molecule has 0 radical (unpaired) electrons. The van der Waals surface area contributed by atoms with E-state index in [-0.39, 0.29) is 62.5 Å². The number of ether oxygens (including phenoxy) is 4. The maximum absolute atomic E-state index is 11.0. The Hall–Kier alpha value is -4.09.